The largest absolute Gasteiger partial charge is 0.308 e. The highest BCUT2D eigenvalue weighted by Crippen LogP contribution is 2.16. The maximum Gasteiger partial charge on any atom is 0.0915 e. The summed E-state index contributed by atoms with van der Waals surface area (Å²) in [6, 6.07) is 0.234. The van der Waals surface area contributed by atoms with Crippen molar-refractivity contribution >= 4 is 11.7 Å². The average Bonchev–Trinajstić information content (AvgIpc) is 3.05. The van der Waals surface area contributed by atoms with Crippen LogP contribution in [0, 0.1) is 0 Å². The second-order valence-electron chi connectivity index (χ2n) is 4.25. The highest BCUT2D eigenvalue weighted by Gasteiger charge is 2.15. The summed E-state index contributed by atoms with van der Waals surface area (Å²) in [5.41, 5.74) is 2.26. The number of nitrogens with zero attached hydrogens (tertiary/aromatic N) is 4. The molecule has 0 radical (unpaired) electrons. The van der Waals surface area contributed by atoms with Gasteiger partial charge in [-0.2, -0.15) is 13.8 Å². The first-order valence-corrected chi connectivity index (χ1v) is 7.08. The highest BCUT2D eigenvalue weighted by atomic mass is 32.1. The summed E-state index contributed by atoms with van der Waals surface area (Å²) in [7, 11) is 0. The standard InChI is InChI=1S/C12H19N5S/c1-3-5-13-11(12-8-15-18-16-12)6-10-7-14-17(4-2)9-10/h7-9,11,13H,3-6H2,1-2H3. The van der Waals surface area contributed by atoms with E-state index in [1.165, 1.54) is 17.3 Å². The summed E-state index contributed by atoms with van der Waals surface area (Å²) < 4.78 is 10.4. The Kier molecular flexibility index (Phi) is 4.83. The molecule has 0 spiro atoms. The SMILES string of the molecule is CCCNC(Cc1cnn(CC)c1)c1cnsn1. The van der Waals surface area contributed by atoms with Crippen molar-refractivity contribution in [3.63, 3.8) is 0 Å². The maximum absolute atomic E-state index is 4.33. The van der Waals surface area contributed by atoms with E-state index >= 15 is 0 Å². The molecule has 0 aromatic carbocycles. The minimum Gasteiger partial charge on any atom is -0.308 e. The molecule has 0 aliphatic carbocycles. The molecule has 18 heavy (non-hydrogen) atoms. The van der Waals surface area contributed by atoms with Gasteiger partial charge in [-0.05, 0) is 31.9 Å². The van der Waals surface area contributed by atoms with Crippen molar-refractivity contribution in [1.82, 2.24) is 23.8 Å². The van der Waals surface area contributed by atoms with Crippen LogP contribution in [-0.2, 0) is 13.0 Å². The summed E-state index contributed by atoms with van der Waals surface area (Å²) >= 11 is 1.26. The topological polar surface area (TPSA) is 55.6 Å². The lowest BCUT2D eigenvalue weighted by atomic mass is 10.1. The van der Waals surface area contributed by atoms with Gasteiger partial charge < -0.3 is 5.32 Å². The molecular weight excluding hydrogens is 246 g/mol. The van der Waals surface area contributed by atoms with Crippen LogP contribution in [0.2, 0.25) is 0 Å². The Hall–Kier alpha value is -1.27. The zero-order valence-electron chi connectivity index (χ0n) is 10.8. The van der Waals surface area contributed by atoms with Gasteiger partial charge in [0.25, 0.3) is 0 Å². The first-order chi connectivity index (χ1) is 8.83. The fourth-order valence-corrected chi connectivity index (χ4v) is 2.32. The van der Waals surface area contributed by atoms with Crippen LogP contribution in [0.25, 0.3) is 0 Å². The summed E-state index contributed by atoms with van der Waals surface area (Å²) in [6.07, 6.45) is 7.90. The minimum absolute atomic E-state index is 0.234. The number of hydrogen-bond acceptors (Lipinski definition) is 5. The number of nitrogens with one attached hydrogen (secondary N) is 1. The van der Waals surface area contributed by atoms with E-state index in [4.69, 9.17) is 0 Å². The summed E-state index contributed by atoms with van der Waals surface area (Å²) in [5.74, 6) is 0. The van der Waals surface area contributed by atoms with Gasteiger partial charge in [-0.1, -0.05) is 6.92 Å². The van der Waals surface area contributed by atoms with Gasteiger partial charge in [-0.3, -0.25) is 4.68 Å². The molecule has 2 aromatic heterocycles. The molecule has 6 heteroatoms. The first-order valence-electron chi connectivity index (χ1n) is 6.35. The van der Waals surface area contributed by atoms with E-state index in [9.17, 15) is 0 Å². The van der Waals surface area contributed by atoms with E-state index in [-0.39, 0.29) is 6.04 Å². The predicted octanol–water partition coefficient (Wildman–Crippen LogP) is 2.04. The van der Waals surface area contributed by atoms with Gasteiger partial charge in [0.05, 0.1) is 35.9 Å². The van der Waals surface area contributed by atoms with Crippen molar-refractivity contribution < 1.29 is 0 Å². The van der Waals surface area contributed by atoms with Crippen LogP contribution in [0.1, 0.15) is 37.6 Å². The molecule has 0 aliphatic rings. The van der Waals surface area contributed by atoms with Gasteiger partial charge in [0, 0.05) is 12.7 Å². The molecule has 2 heterocycles. The Bertz CT molecular complexity index is 451. The molecule has 2 rings (SSSR count). The Labute approximate surface area is 112 Å². The molecule has 98 valence electrons. The zero-order chi connectivity index (χ0) is 12.8. The number of aryl methyl sites for hydroxylation is 1. The summed E-state index contributed by atoms with van der Waals surface area (Å²) in [5, 5.41) is 7.82. The van der Waals surface area contributed by atoms with Gasteiger partial charge in [-0.25, -0.2) is 0 Å². The molecule has 0 saturated heterocycles. The Morgan fingerprint density at radius 2 is 2.28 bits per heavy atom. The highest BCUT2D eigenvalue weighted by molar-refractivity contribution is 6.99. The van der Waals surface area contributed by atoms with Crippen LogP contribution < -0.4 is 5.32 Å². The average molecular weight is 265 g/mol. The molecule has 1 atom stereocenters. The second kappa shape index (κ2) is 6.61. The van der Waals surface area contributed by atoms with Crippen molar-refractivity contribution in [3.8, 4) is 0 Å². The molecule has 0 saturated carbocycles. The van der Waals surface area contributed by atoms with Crippen LogP contribution in [0.15, 0.2) is 18.6 Å². The monoisotopic (exact) mass is 265 g/mol. The molecule has 0 fully saturated rings. The van der Waals surface area contributed by atoms with Crippen molar-refractivity contribution in [3.05, 3.63) is 29.8 Å². The van der Waals surface area contributed by atoms with Crippen LogP contribution in [-0.4, -0.2) is 25.1 Å². The Balaban J connectivity index is 2.04. The van der Waals surface area contributed by atoms with Crippen LogP contribution in [0.5, 0.6) is 0 Å². The lowest BCUT2D eigenvalue weighted by Gasteiger charge is -2.14. The third-order valence-corrected chi connectivity index (χ3v) is 3.32. The van der Waals surface area contributed by atoms with Crippen LogP contribution in [0.3, 0.4) is 0 Å². The number of rotatable bonds is 7. The van der Waals surface area contributed by atoms with Gasteiger partial charge in [-0.15, -0.1) is 0 Å². The molecule has 0 bridgehead atoms. The Morgan fingerprint density at radius 1 is 1.39 bits per heavy atom. The van der Waals surface area contributed by atoms with E-state index in [1.807, 2.05) is 17.1 Å². The fraction of sp³-hybridized carbons (Fsp3) is 0.583. The maximum atomic E-state index is 4.33. The van der Waals surface area contributed by atoms with Crippen molar-refractivity contribution in [1.29, 1.82) is 0 Å². The van der Waals surface area contributed by atoms with Crippen molar-refractivity contribution in [2.45, 2.75) is 39.3 Å². The van der Waals surface area contributed by atoms with Crippen LogP contribution >= 0.6 is 11.7 Å². The van der Waals surface area contributed by atoms with E-state index in [0.717, 1.165) is 31.6 Å². The lowest BCUT2D eigenvalue weighted by Crippen LogP contribution is -2.24. The van der Waals surface area contributed by atoms with E-state index < -0.39 is 0 Å². The normalized spacial score (nSPS) is 12.8. The number of aromatic nitrogens is 4. The predicted molar refractivity (Wildman–Crippen MR) is 72.5 cm³/mol. The zero-order valence-corrected chi connectivity index (χ0v) is 11.7. The third-order valence-electron chi connectivity index (χ3n) is 2.83. The molecule has 1 unspecified atom stereocenters. The Morgan fingerprint density at radius 3 is 2.89 bits per heavy atom. The van der Waals surface area contributed by atoms with Gasteiger partial charge >= 0.3 is 0 Å². The van der Waals surface area contributed by atoms with Gasteiger partial charge in [0.1, 0.15) is 0 Å². The van der Waals surface area contributed by atoms with Crippen molar-refractivity contribution in [2.75, 3.05) is 6.54 Å². The molecule has 5 nitrogen and oxygen atoms in total. The van der Waals surface area contributed by atoms with Gasteiger partial charge in [0.2, 0.25) is 0 Å². The molecule has 2 aromatic rings. The van der Waals surface area contributed by atoms with Gasteiger partial charge in [0.15, 0.2) is 0 Å². The fourth-order valence-electron chi connectivity index (χ4n) is 1.85. The summed E-state index contributed by atoms with van der Waals surface area (Å²) in [6.45, 7) is 6.15. The second-order valence-corrected chi connectivity index (χ2v) is 4.80. The quantitative estimate of drug-likeness (QED) is 0.832. The van der Waals surface area contributed by atoms with E-state index in [2.05, 4.69) is 39.2 Å². The summed E-state index contributed by atoms with van der Waals surface area (Å²) in [4.78, 5) is 0. The lowest BCUT2D eigenvalue weighted by molar-refractivity contribution is 0.520. The van der Waals surface area contributed by atoms with E-state index in [1.54, 1.807) is 0 Å². The molecular formula is C12H19N5S. The smallest absolute Gasteiger partial charge is 0.0915 e. The molecule has 1 N–H and O–H groups in total. The van der Waals surface area contributed by atoms with Crippen LogP contribution in [0.4, 0.5) is 0 Å². The molecule has 0 amide bonds. The third kappa shape index (κ3) is 3.36. The van der Waals surface area contributed by atoms with Crippen molar-refractivity contribution in [2.24, 2.45) is 0 Å². The first kappa shape index (κ1) is 13.2. The minimum atomic E-state index is 0.234. The van der Waals surface area contributed by atoms with E-state index in [0.29, 0.717) is 0 Å². The number of hydrogen-bond donors (Lipinski definition) is 1. The molecule has 0 aliphatic heterocycles.